The van der Waals surface area contributed by atoms with Crippen molar-refractivity contribution in [1.82, 2.24) is 0 Å². The summed E-state index contributed by atoms with van der Waals surface area (Å²) in [6.45, 7) is 0. The van der Waals surface area contributed by atoms with E-state index in [2.05, 4.69) is 0 Å². The van der Waals surface area contributed by atoms with Gasteiger partial charge in [-0.05, 0) is 0 Å². The molecule has 0 aliphatic carbocycles. The summed E-state index contributed by atoms with van der Waals surface area (Å²) in [5.41, 5.74) is 0. The van der Waals surface area contributed by atoms with E-state index in [9.17, 15) is 0 Å². The molecule has 0 fully saturated rings. The Kier molecular flexibility index (Phi) is 6.18. The van der Waals surface area contributed by atoms with Crippen molar-refractivity contribution >= 4 is 54.5 Å². The molecule has 0 saturated heterocycles. The third-order valence-corrected chi connectivity index (χ3v) is 0. The fraction of sp³-hybridized carbons (Fsp3) is 0. The Hall–Kier alpha value is 1.54. The molecule has 0 aromatic carbocycles. The van der Waals surface area contributed by atoms with Crippen LogP contribution in [0.25, 0.3) is 0 Å². The Morgan fingerprint density at radius 2 is 0.833 bits per heavy atom. The van der Waals surface area contributed by atoms with Crippen molar-refractivity contribution < 1.29 is 19.2 Å². The molecule has 0 radical (unpaired) electrons. The summed E-state index contributed by atoms with van der Waals surface area (Å²) in [4.78, 5) is 29.3. The second-order valence-corrected chi connectivity index (χ2v) is 1.80. The van der Waals surface area contributed by atoms with Crippen LogP contribution in [0.15, 0.2) is 0 Å². The molecular weight excluding hydrogens is 180 g/mol. The summed E-state index contributed by atoms with van der Waals surface area (Å²) < 4.78 is 0. The predicted octanol–water partition coefficient (Wildman–Crippen LogP) is -3.52. The zero-order valence-corrected chi connectivity index (χ0v) is 3.29. The Morgan fingerprint density at radius 1 is 0.833 bits per heavy atom. The Labute approximate surface area is 72.8 Å². The van der Waals surface area contributed by atoms with Crippen molar-refractivity contribution in [1.29, 1.82) is 0 Å². The van der Waals surface area contributed by atoms with Crippen molar-refractivity contribution in [3.05, 3.63) is 0 Å². The van der Waals surface area contributed by atoms with Crippen molar-refractivity contribution in [3.63, 3.8) is 0 Å². The zero-order valence-electron chi connectivity index (χ0n) is 2.29. The van der Waals surface area contributed by atoms with Gasteiger partial charge in [-0.2, -0.15) is 0 Å². The van der Waals surface area contributed by atoms with Crippen LogP contribution in [0.3, 0.4) is 0 Å². The molecule has 0 aromatic rings. The Morgan fingerprint density at radius 3 is 0.833 bits per heavy atom. The average molecular weight is 186 g/mol. The zero-order chi connectivity index (χ0) is 4.50. The summed E-state index contributed by atoms with van der Waals surface area (Å²) >= 11 is 0. The fourth-order valence-corrected chi connectivity index (χ4v) is 0. The third kappa shape index (κ3) is 48.2. The topological polar surface area (TPSA) is 80.9 Å². The normalized spacial score (nSPS) is 10.0. The van der Waals surface area contributed by atoms with Gasteiger partial charge in [-0.1, -0.05) is 0 Å². The van der Waals surface area contributed by atoms with Gasteiger partial charge in [0.25, 0.3) is 0 Å². The molecule has 0 bridgehead atoms. The number of hydrogen-bond donors (Lipinski definition) is 4. The first-order valence-corrected chi connectivity index (χ1v) is 2.68. The van der Waals surface area contributed by atoms with Gasteiger partial charge < -0.3 is 19.2 Å². The van der Waals surface area contributed by atoms with Crippen LogP contribution in [0.4, 0.5) is 0 Å². The van der Waals surface area contributed by atoms with Gasteiger partial charge >= 0.3 is 54.5 Å². The maximum absolute atomic E-state index is 7.33. The molecule has 0 aromatic heterocycles. The van der Waals surface area contributed by atoms with Crippen LogP contribution in [-0.2, 0) is 0 Å². The summed E-state index contributed by atoms with van der Waals surface area (Å²) in [6, 6.07) is 0. The van der Waals surface area contributed by atoms with Crippen molar-refractivity contribution in [2.75, 3.05) is 0 Å². The van der Waals surface area contributed by atoms with Gasteiger partial charge in [0.05, 0.1) is 0 Å². The summed E-state index contributed by atoms with van der Waals surface area (Å²) in [6.07, 6.45) is 0. The first-order chi connectivity index (χ1) is 2.00. The SMILES string of the molecule is O[Si](O)(O)O.[SrH2]. The van der Waals surface area contributed by atoms with E-state index in [0.717, 1.165) is 0 Å². The molecule has 0 unspecified atom stereocenters. The minimum atomic E-state index is -4.61. The van der Waals surface area contributed by atoms with Crippen LogP contribution in [0, 0.1) is 0 Å². The van der Waals surface area contributed by atoms with E-state index in [4.69, 9.17) is 19.2 Å². The average Bonchev–Trinajstić information content (AvgIpc) is 0.722. The van der Waals surface area contributed by atoms with Gasteiger partial charge in [0.1, 0.15) is 0 Å². The first-order valence-electron chi connectivity index (χ1n) is 0.894. The van der Waals surface area contributed by atoms with E-state index < -0.39 is 9.05 Å². The van der Waals surface area contributed by atoms with Gasteiger partial charge in [-0.3, -0.25) is 0 Å². The molecule has 0 heterocycles. The maximum atomic E-state index is 7.33. The van der Waals surface area contributed by atoms with E-state index >= 15 is 0 Å². The van der Waals surface area contributed by atoms with Crippen LogP contribution in [0.2, 0.25) is 0 Å². The molecule has 4 N–H and O–H groups in total. The van der Waals surface area contributed by atoms with Gasteiger partial charge in [0, 0.05) is 0 Å². The summed E-state index contributed by atoms with van der Waals surface area (Å²) in [5.74, 6) is 0. The minimum absolute atomic E-state index is 0. The number of hydrogen-bond acceptors (Lipinski definition) is 4. The first kappa shape index (κ1) is 10.5. The molecule has 6 heavy (non-hydrogen) atoms. The second kappa shape index (κ2) is 3.53. The van der Waals surface area contributed by atoms with Crippen LogP contribution < -0.4 is 0 Å². The molecule has 0 rings (SSSR count). The second-order valence-electron chi connectivity index (χ2n) is 0.600. The number of rotatable bonds is 0. The summed E-state index contributed by atoms with van der Waals surface area (Å²) in [7, 11) is -4.61. The quantitative estimate of drug-likeness (QED) is 0.295. The molecular formula is H6O4SiSr. The molecule has 0 spiro atoms. The van der Waals surface area contributed by atoms with Crippen LogP contribution in [0.1, 0.15) is 0 Å². The van der Waals surface area contributed by atoms with Gasteiger partial charge in [-0.15, -0.1) is 0 Å². The van der Waals surface area contributed by atoms with Crippen molar-refractivity contribution in [2.24, 2.45) is 0 Å². The van der Waals surface area contributed by atoms with Crippen LogP contribution >= 0.6 is 0 Å². The van der Waals surface area contributed by atoms with Gasteiger partial charge in [0.15, 0.2) is 0 Å². The third-order valence-electron chi connectivity index (χ3n) is 0. The molecule has 0 atom stereocenters. The van der Waals surface area contributed by atoms with E-state index in [-0.39, 0.29) is 45.5 Å². The van der Waals surface area contributed by atoms with E-state index in [0.29, 0.717) is 0 Å². The molecule has 36 valence electrons. The Bertz CT molecular complexity index is 23.0. The molecule has 0 aliphatic rings. The van der Waals surface area contributed by atoms with E-state index in [1.54, 1.807) is 0 Å². The molecule has 4 nitrogen and oxygen atoms in total. The van der Waals surface area contributed by atoms with Crippen molar-refractivity contribution in [3.8, 4) is 0 Å². The van der Waals surface area contributed by atoms with Gasteiger partial charge in [-0.25, -0.2) is 0 Å². The van der Waals surface area contributed by atoms with Crippen LogP contribution in [0.5, 0.6) is 0 Å². The van der Waals surface area contributed by atoms with Gasteiger partial charge in [0.2, 0.25) is 0 Å². The van der Waals surface area contributed by atoms with Crippen LogP contribution in [-0.4, -0.2) is 73.7 Å². The fourth-order valence-electron chi connectivity index (χ4n) is 0. The van der Waals surface area contributed by atoms with E-state index in [1.807, 2.05) is 0 Å². The molecule has 0 aliphatic heterocycles. The molecule has 6 heteroatoms. The molecule has 0 amide bonds. The monoisotopic (exact) mass is 186 g/mol. The van der Waals surface area contributed by atoms with Crippen molar-refractivity contribution in [2.45, 2.75) is 0 Å². The summed E-state index contributed by atoms with van der Waals surface area (Å²) in [5, 5.41) is 0. The Balaban J connectivity index is 0. The predicted molar refractivity (Wildman–Crippen MR) is 23.2 cm³/mol. The standard InChI is InChI=1S/H4O4Si.Sr.2H/c1-5(2,3)4;;;/h1-4H;;;. The van der Waals surface area contributed by atoms with E-state index in [1.165, 1.54) is 0 Å². The molecule has 0 saturated carbocycles.